The predicted molar refractivity (Wildman–Crippen MR) is 164 cm³/mol. The number of allylic oxidation sites excluding steroid dienone is 2. The van der Waals surface area contributed by atoms with Gasteiger partial charge in [-0.15, -0.1) is 0 Å². The summed E-state index contributed by atoms with van der Waals surface area (Å²) < 4.78 is 0. The molecule has 190 valence electrons. The summed E-state index contributed by atoms with van der Waals surface area (Å²) in [5.41, 5.74) is 11.2. The molecule has 0 aromatic heterocycles. The number of aliphatic hydroxyl groups is 1. The van der Waals surface area contributed by atoms with Crippen LogP contribution in [0, 0.1) is 20.8 Å². The van der Waals surface area contributed by atoms with Crippen LogP contribution >= 0.6 is 0 Å². The maximum atomic E-state index is 13.3. The van der Waals surface area contributed by atoms with E-state index in [4.69, 9.17) is 0 Å². The average molecular weight is 505 g/mol. The first-order valence-electron chi connectivity index (χ1n) is 13.5. The molecule has 0 spiro atoms. The van der Waals surface area contributed by atoms with Crippen LogP contribution in [0.5, 0.6) is 0 Å². The Kier molecular flexibility index (Phi) is 6.38. The topological polar surface area (TPSA) is 20.2 Å². The summed E-state index contributed by atoms with van der Waals surface area (Å²) in [5.74, 6) is 0. The highest BCUT2D eigenvalue weighted by Crippen LogP contribution is 2.60. The third kappa shape index (κ3) is 4.35. The lowest BCUT2D eigenvalue weighted by molar-refractivity contribution is 0.167. The molecule has 0 saturated heterocycles. The summed E-state index contributed by atoms with van der Waals surface area (Å²) in [6, 6.07) is 46.4. The van der Waals surface area contributed by atoms with Gasteiger partial charge >= 0.3 is 0 Å². The Bertz CT molecular complexity index is 1560. The van der Waals surface area contributed by atoms with E-state index in [-0.39, 0.29) is 0 Å². The Labute approximate surface area is 231 Å². The summed E-state index contributed by atoms with van der Waals surface area (Å²) in [4.78, 5) is 0. The summed E-state index contributed by atoms with van der Waals surface area (Å²) in [6.07, 6.45) is 0. The molecule has 6 rings (SSSR count). The van der Waals surface area contributed by atoms with E-state index in [1.54, 1.807) is 0 Å². The van der Waals surface area contributed by atoms with Gasteiger partial charge in [-0.05, 0) is 59.7 Å². The van der Waals surface area contributed by atoms with E-state index >= 15 is 0 Å². The highest BCUT2D eigenvalue weighted by atomic mass is 16.3. The van der Waals surface area contributed by atoms with Crippen LogP contribution in [-0.2, 0) is 5.60 Å². The molecule has 39 heavy (non-hydrogen) atoms. The second-order valence-corrected chi connectivity index (χ2v) is 10.5. The fourth-order valence-corrected chi connectivity index (χ4v) is 5.75. The van der Waals surface area contributed by atoms with E-state index in [9.17, 15) is 5.11 Å². The summed E-state index contributed by atoms with van der Waals surface area (Å²) >= 11 is 0. The van der Waals surface area contributed by atoms with E-state index < -0.39 is 5.60 Å². The number of aryl methyl sites for hydroxylation is 3. The molecule has 1 heteroatoms. The standard InChI is InChI=1S/C38H32O/c1-26-14-20-29(21-15-26)34-35(30-22-16-27(2)17-23-30)37(32-12-8-5-9-13-32)38(39,33-24-18-28(3)19-25-33)36(34)31-10-6-4-7-11-31/h4-25,39H,1-3H3. The Morgan fingerprint density at radius 2 is 0.718 bits per heavy atom. The first kappa shape index (κ1) is 24.9. The van der Waals surface area contributed by atoms with Gasteiger partial charge in [-0.1, -0.05) is 150 Å². The van der Waals surface area contributed by atoms with E-state index in [1.807, 2.05) is 12.1 Å². The summed E-state index contributed by atoms with van der Waals surface area (Å²) in [5, 5.41) is 13.3. The minimum Gasteiger partial charge on any atom is -0.376 e. The highest BCUT2D eigenvalue weighted by molar-refractivity contribution is 6.30. The number of hydrogen-bond donors (Lipinski definition) is 1. The zero-order valence-electron chi connectivity index (χ0n) is 22.6. The first-order valence-corrected chi connectivity index (χ1v) is 13.5. The Hall–Kier alpha value is -4.46. The molecule has 1 aliphatic carbocycles. The SMILES string of the molecule is Cc1ccc(C2=C(c3ccccc3)C(O)(c3ccc(C)cc3)C(c3ccccc3)=C2c2ccc(C)cc2)cc1. The van der Waals surface area contributed by atoms with Gasteiger partial charge in [0.1, 0.15) is 5.60 Å². The molecular weight excluding hydrogens is 472 g/mol. The molecule has 1 nitrogen and oxygen atoms in total. The molecule has 0 aliphatic heterocycles. The fraction of sp³-hybridized carbons (Fsp3) is 0.105. The number of benzene rings is 5. The van der Waals surface area contributed by atoms with Crippen LogP contribution in [0.1, 0.15) is 44.5 Å². The van der Waals surface area contributed by atoms with Crippen molar-refractivity contribution in [3.63, 3.8) is 0 Å². The zero-order valence-corrected chi connectivity index (χ0v) is 22.6. The van der Waals surface area contributed by atoms with Gasteiger partial charge in [-0.25, -0.2) is 0 Å². The predicted octanol–water partition coefficient (Wildman–Crippen LogP) is 9.04. The van der Waals surface area contributed by atoms with Crippen molar-refractivity contribution in [3.8, 4) is 0 Å². The van der Waals surface area contributed by atoms with Crippen LogP contribution in [0.4, 0.5) is 0 Å². The molecule has 5 aromatic rings. The largest absolute Gasteiger partial charge is 0.376 e. The molecule has 0 radical (unpaired) electrons. The third-order valence-electron chi connectivity index (χ3n) is 7.75. The second kappa shape index (κ2) is 10.0. The van der Waals surface area contributed by atoms with Gasteiger partial charge in [-0.2, -0.15) is 0 Å². The van der Waals surface area contributed by atoms with Gasteiger partial charge in [-0.3, -0.25) is 0 Å². The van der Waals surface area contributed by atoms with Crippen LogP contribution in [0.3, 0.4) is 0 Å². The quantitative estimate of drug-likeness (QED) is 0.253. The molecule has 1 aliphatic rings. The summed E-state index contributed by atoms with van der Waals surface area (Å²) in [7, 11) is 0. The van der Waals surface area contributed by atoms with Crippen LogP contribution in [0.15, 0.2) is 133 Å². The Morgan fingerprint density at radius 3 is 1.08 bits per heavy atom. The Balaban J connectivity index is 1.82. The molecular formula is C38H32O. The van der Waals surface area contributed by atoms with Crippen molar-refractivity contribution < 1.29 is 5.11 Å². The van der Waals surface area contributed by atoms with E-state index in [0.717, 1.165) is 55.7 Å². The molecule has 0 amide bonds. The molecule has 0 saturated carbocycles. The Morgan fingerprint density at radius 1 is 0.385 bits per heavy atom. The van der Waals surface area contributed by atoms with Gasteiger partial charge < -0.3 is 5.11 Å². The van der Waals surface area contributed by atoms with Crippen LogP contribution < -0.4 is 0 Å². The lowest BCUT2D eigenvalue weighted by Crippen LogP contribution is -2.27. The van der Waals surface area contributed by atoms with E-state index in [1.165, 1.54) is 11.1 Å². The minimum absolute atomic E-state index is 0.859. The molecule has 1 N–H and O–H groups in total. The van der Waals surface area contributed by atoms with Gasteiger partial charge in [0.05, 0.1) is 0 Å². The van der Waals surface area contributed by atoms with Crippen molar-refractivity contribution in [3.05, 3.63) is 178 Å². The van der Waals surface area contributed by atoms with Gasteiger partial charge in [0.25, 0.3) is 0 Å². The third-order valence-corrected chi connectivity index (χ3v) is 7.75. The van der Waals surface area contributed by atoms with E-state index in [0.29, 0.717) is 0 Å². The maximum absolute atomic E-state index is 13.3. The van der Waals surface area contributed by atoms with Gasteiger partial charge in [0.15, 0.2) is 0 Å². The molecule has 5 aromatic carbocycles. The summed E-state index contributed by atoms with van der Waals surface area (Å²) in [6.45, 7) is 6.30. The van der Waals surface area contributed by atoms with Crippen molar-refractivity contribution in [2.75, 3.05) is 0 Å². The number of rotatable bonds is 5. The normalized spacial score (nSPS) is 14.7. The lowest BCUT2D eigenvalue weighted by Gasteiger charge is -2.32. The van der Waals surface area contributed by atoms with Crippen molar-refractivity contribution in [2.45, 2.75) is 26.4 Å². The average Bonchev–Trinajstić information content (AvgIpc) is 3.25. The first-order chi connectivity index (χ1) is 19.0. The fourth-order valence-electron chi connectivity index (χ4n) is 5.75. The van der Waals surface area contributed by atoms with Crippen molar-refractivity contribution in [2.24, 2.45) is 0 Å². The zero-order chi connectivity index (χ0) is 27.0. The van der Waals surface area contributed by atoms with Gasteiger partial charge in [0, 0.05) is 11.1 Å². The van der Waals surface area contributed by atoms with Crippen LogP contribution in [0.2, 0.25) is 0 Å². The van der Waals surface area contributed by atoms with Crippen molar-refractivity contribution in [1.29, 1.82) is 0 Å². The minimum atomic E-state index is -1.38. The van der Waals surface area contributed by atoms with Crippen LogP contribution in [-0.4, -0.2) is 5.11 Å². The molecule has 0 heterocycles. The maximum Gasteiger partial charge on any atom is 0.142 e. The lowest BCUT2D eigenvalue weighted by atomic mass is 9.76. The molecule has 0 fully saturated rings. The number of hydrogen-bond acceptors (Lipinski definition) is 1. The van der Waals surface area contributed by atoms with Crippen molar-refractivity contribution >= 4 is 22.3 Å². The smallest absolute Gasteiger partial charge is 0.142 e. The monoisotopic (exact) mass is 504 g/mol. The molecule has 0 unspecified atom stereocenters. The van der Waals surface area contributed by atoms with Crippen LogP contribution in [0.25, 0.3) is 22.3 Å². The molecule has 0 atom stereocenters. The second-order valence-electron chi connectivity index (χ2n) is 10.5. The van der Waals surface area contributed by atoms with E-state index in [2.05, 4.69) is 142 Å². The van der Waals surface area contributed by atoms with Crippen molar-refractivity contribution in [1.82, 2.24) is 0 Å². The molecule has 0 bridgehead atoms. The van der Waals surface area contributed by atoms with Gasteiger partial charge in [0.2, 0.25) is 0 Å². The highest BCUT2D eigenvalue weighted by Gasteiger charge is 2.48.